The minimum absolute atomic E-state index is 0.753. The van der Waals surface area contributed by atoms with Gasteiger partial charge in [-0.3, -0.25) is 9.65 Å². The number of morpholine rings is 1. The molecule has 2 aromatic rings. The van der Waals surface area contributed by atoms with E-state index in [9.17, 15) is 4.57 Å². The van der Waals surface area contributed by atoms with Gasteiger partial charge in [-0.2, -0.15) is 0 Å². The summed E-state index contributed by atoms with van der Waals surface area (Å²) >= 11 is 1.69. The number of benzene rings is 2. The van der Waals surface area contributed by atoms with Gasteiger partial charge in [0.1, 0.15) is 13.1 Å². The average Bonchev–Trinajstić information content (AvgIpc) is 2.78. The van der Waals surface area contributed by atoms with Crippen LogP contribution in [0.5, 0.6) is 0 Å². The molecule has 152 valence electrons. The fraction of sp³-hybridized carbons (Fsp3) is 0.304. The van der Waals surface area contributed by atoms with Gasteiger partial charge in [-0.05, 0) is 11.1 Å². The van der Waals surface area contributed by atoms with E-state index in [1.807, 2.05) is 48.0 Å². The van der Waals surface area contributed by atoms with Gasteiger partial charge in [0.15, 0.2) is 7.29 Å². The number of ether oxygens (including phenoxy) is 1. The Morgan fingerprint density at radius 1 is 0.897 bits per heavy atom. The second-order valence-electron chi connectivity index (χ2n) is 7.40. The molecule has 29 heavy (non-hydrogen) atoms. The Morgan fingerprint density at radius 3 is 2.00 bits per heavy atom. The summed E-state index contributed by atoms with van der Waals surface area (Å²) in [5, 5.41) is 3.38. The second-order valence-corrected chi connectivity index (χ2v) is 10.7. The molecule has 2 aromatic carbocycles. The minimum atomic E-state index is -2.76. The SMILES string of the molecule is O=P1(NCCC[NH+]2CCOCC2)C=C(c2ccccc2)SC(c2ccccc2)=C1. The van der Waals surface area contributed by atoms with Crippen LogP contribution in [0.15, 0.2) is 72.3 Å². The van der Waals surface area contributed by atoms with Crippen molar-refractivity contribution in [2.45, 2.75) is 6.42 Å². The maximum absolute atomic E-state index is 13.7. The second kappa shape index (κ2) is 9.92. The van der Waals surface area contributed by atoms with Gasteiger partial charge in [0.25, 0.3) is 0 Å². The Labute approximate surface area is 177 Å². The van der Waals surface area contributed by atoms with E-state index in [0.717, 1.165) is 66.8 Å². The lowest BCUT2D eigenvalue weighted by molar-refractivity contribution is -0.908. The molecule has 0 spiro atoms. The smallest absolute Gasteiger partial charge is 0.192 e. The van der Waals surface area contributed by atoms with Crippen molar-refractivity contribution < 1.29 is 14.2 Å². The standard InChI is InChI=1S/C23H27N2O2PS/c26-28(24-12-7-13-25-14-16-27-17-15-25)18-22(20-8-3-1-4-9-20)29-23(19-28)21-10-5-2-6-11-21/h1-6,8-11,18-19H,7,12-17H2,(H,24,26)/p+1. The van der Waals surface area contributed by atoms with E-state index < -0.39 is 7.29 Å². The van der Waals surface area contributed by atoms with E-state index in [2.05, 4.69) is 29.4 Å². The molecular weight excluding hydrogens is 399 g/mol. The van der Waals surface area contributed by atoms with E-state index in [1.165, 1.54) is 0 Å². The first kappa shape index (κ1) is 20.6. The van der Waals surface area contributed by atoms with Crippen molar-refractivity contribution in [3.63, 3.8) is 0 Å². The van der Waals surface area contributed by atoms with Crippen LogP contribution >= 0.6 is 19.1 Å². The van der Waals surface area contributed by atoms with E-state index in [1.54, 1.807) is 16.7 Å². The third-order valence-electron chi connectivity index (χ3n) is 5.22. The summed E-state index contributed by atoms with van der Waals surface area (Å²) in [7, 11) is -2.76. The van der Waals surface area contributed by atoms with Crippen molar-refractivity contribution in [3.8, 4) is 0 Å². The molecule has 0 amide bonds. The van der Waals surface area contributed by atoms with Gasteiger partial charge < -0.3 is 9.64 Å². The molecule has 0 unspecified atom stereocenters. The van der Waals surface area contributed by atoms with Gasteiger partial charge >= 0.3 is 0 Å². The van der Waals surface area contributed by atoms with Crippen LogP contribution < -0.4 is 9.99 Å². The van der Waals surface area contributed by atoms with Gasteiger partial charge in [0.05, 0.1) is 19.8 Å². The Morgan fingerprint density at radius 2 is 1.45 bits per heavy atom. The number of nitrogens with one attached hydrogen (secondary N) is 2. The number of quaternary nitrogens is 1. The van der Waals surface area contributed by atoms with Gasteiger partial charge in [0.2, 0.25) is 0 Å². The molecule has 1 saturated heterocycles. The molecular formula is C23H28N2O2PS+. The quantitative estimate of drug-likeness (QED) is 0.520. The minimum Gasteiger partial charge on any atom is -0.370 e. The van der Waals surface area contributed by atoms with Crippen LogP contribution in [0.25, 0.3) is 9.81 Å². The summed E-state index contributed by atoms with van der Waals surface area (Å²) in [5.41, 5.74) is 2.22. The highest BCUT2D eigenvalue weighted by Gasteiger charge is 2.25. The molecule has 0 atom stereocenters. The van der Waals surface area contributed by atoms with Crippen LogP contribution in [-0.2, 0) is 9.30 Å². The fourth-order valence-corrected chi connectivity index (χ4v) is 7.49. The van der Waals surface area contributed by atoms with Crippen LogP contribution in [0.4, 0.5) is 0 Å². The predicted octanol–water partition coefficient (Wildman–Crippen LogP) is 3.90. The molecule has 0 aromatic heterocycles. The van der Waals surface area contributed by atoms with Crippen molar-refractivity contribution in [1.29, 1.82) is 0 Å². The van der Waals surface area contributed by atoms with Crippen molar-refractivity contribution in [2.75, 3.05) is 39.4 Å². The highest BCUT2D eigenvalue weighted by molar-refractivity contribution is 8.17. The predicted molar refractivity (Wildman–Crippen MR) is 123 cm³/mol. The number of hydrogen-bond acceptors (Lipinski definition) is 3. The number of thioether (sulfide) groups is 1. The van der Waals surface area contributed by atoms with Crippen LogP contribution in [-0.4, -0.2) is 39.4 Å². The molecule has 6 heteroatoms. The molecule has 0 aliphatic carbocycles. The summed E-state index contributed by atoms with van der Waals surface area (Å²) < 4.78 is 19.2. The largest absolute Gasteiger partial charge is 0.370 e. The highest BCUT2D eigenvalue weighted by atomic mass is 32.2. The van der Waals surface area contributed by atoms with Crippen molar-refractivity contribution in [2.24, 2.45) is 0 Å². The van der Waals surface area contributed by atoms with E-state index >= 15 is 0 Å². The Kier molecular flexibility index (Phi) is 7.06. The third kappa shape index (κ3) is 5.71. The van der Waals surface area contributed by atoms with Gasteiger partial charge in [0, 0.05) is 34.4 Å². The van der Waals surface area contributed by atoms with Crippen molar-refractivity contribution >= 4 is 28.9 Å². The number of rotatable bonds is 7. The Hall–Kier alpha value is -1.62. The topological polar surface area (TPSA) is 42.8 Å². The average molecular weight is 428 g/mol. The lowest BCUT2D eigenvalue weighted by Gasteiger charge is -2.25. The van der Waals surface area contributed by atoms with Gasteiger partial charge in [-0.15, -0.1) is 0 Å². The Bertz CT molecular complexity index is 849. The normalized spacial score (nSPS) is 19.4. The Balaban J connectivity index is 1.49. The van der Waals surface area contributed by atoms with Crippen LogP contribution in [0.1, 0.15) is 17.5 Å². The van der Waals surface area contributed by atoms with Crippen LogP contribution in [0.3, 0.4) is 0 Å². The molecule has 0 bridgehead atoms. The maximum Gasteiger partial charge on any atom is 0.192 e. The molecule has 4 nitrogen and oxygen atoms in total. The first-order valence-corrected chi connectivity index (χ1v) is 12.9. The maximum atomic E-state index is 13.7. The highest BCUT2D eigenvalue weighted by Crippen LogP contribution is 2.58. The molecule has 1 fully saturated rings. The number of hydrogen-bond donors (Lipinski definition) is 2. The molecule has 4 rings (SSSR count). The summed E-state index contributed by atoms with van der Waals surface area (Å²) in [6.07, 6.45) is 1.01. The zero-order valence-corrected chi connectivity index (χ0v) is 18.3. The first-order valence-electron chi connectivity index (χ1n) is 10.2. The molecule has 2 aliphatic heterocycles. The molecule has 0 saturated carbocycles. The zero-order chi connectivity index (χ0) is 19.9. The van der Waals surface area contributed by atoms with Crippen LogP contribution in [0.2, 0.25) is 0 Å². The van der Waals surface area contributed by atoms with Gasteiger partial charge in [-0.25, -0.2) is 0 Å². The van der Waals surface area contributed by atoms with Crippen LogP contribution in [0, 0.1) is 0 Å². The summed E-state index contributed by atoms with van der Waals surface area (Å²) in [5.74, 6) is 3.89. The van der Waals surface area contributed by atoms with E-state index in [-0.39, 0.29) is 0 Å². The molecule has 2 aliphatic rings. The van der Waals surface area contributed by atoms with E-state index in [4.69, 9.17) is 4.74 Å². The molecule has 0 radical (unpaired) electrons. The summed E-state index contributed by atoms with van der Waals surface area (Å²) in [6, 6.07) is 20.5. The zero-order valence-electron chi connectivity index (χ0n) is 16.5. The fourth-order valence-electron chi connectivity index (χ4n) is 3.62. The third-order valence-corrected chi connectivity index (χ3v) is 8.72. The first-order chi connectivity index (χ1) is 14.2. The molecule has 2 N–H and O–H groups in total. The monoisotopic (exact) mass is 427 g/mol. The lowest BCUT2D eigenvalue weighted by Crippen LogP contribution is -3.14. The van der Waals surface area contributed by atoms with Crippen molar-refractivity contribution in [3.05, 3.63) is 83.4 Å². The molecule has 2 heterocycles. The summed E-state index contributed by atoms with van der Waals surface area (Å²) in [4.78, 5) is 3.69. The van der Waals surface area contributed by atoms with Gasteiger partial charge in [-0.1, -0.05) is 72.4 Å². The lowest BCUT2D eigenvalue weighted by atomic mass is 10.2. The summed E-state index contributed by atoms with van der Waals surface area (Å²) in [6.45, 7) is 5.70. The van der Waals surface area contributed by atoms with E-state index in [0.29, 0.717) is 0 Å². The van der Waals surface area contributed by atoms with Crippen molar-refractivity contribution in [1.82, 2.24) is 5.09 Å².